The van der Waals surface area contributed by atoms with Crippen molar-refractivity contribution in [3.05, 3.63) is 65.7 Å². The smallest absolute Gasteiger partial charge is 0.133 e. The van der Waals surface area contributed by atoms with Gasteiger partial charge in [0, 0.05) is 6.42 Å². The zero-order valence-electron chi connectivity index (χ0n) is 11.1. The molecule has 0 amide bonds. The molecule has 0 saturated carbocycles. The Labute approximate surface area is 113 Å². The summed E-state index contributed by atoms with van der Waals surface area (Å²) in [4.78, 5) is 4.50. The third-order valence-corrected chi connectivity index (χ3v) is 3.27. The van der Waals surface area contributed by atoms with Crippen LogP contribution in [0.5, 0.6) is 5.75 Å². The zero-order chi connectivity index (χ0) is 13.7. The number of hydrogen-bond donors (Lipinski definition) is 0. The highest BCUT2D eigenvalue weighted by molar-refractivity contribution is 5.30. The summed E-state index contributed by atoms with van der Waals surface area (Å²) in [6.07, 6.45) is 0.518. The van der Waals surface area contributed by atoms with Crippen molar-refractivity contribution in [2.75, 3.05) is 7.11 Å². The van der Waals surface area contributed by atoms with Gasteiger partial charge in [0.1, 0.15) is 11.4 Å². The van der Waals surface area contributed by atoms with E-state index >= 15 is 0 Å². The van der Waals surface area contributed by atoms with Gasteiger partial charge in [0.05, 0.1) is 7.11 Å². The van der Waals surface area contributed by atoms with E-state index in [4.69, 9.17) is 4.74 Å². The lowest BCUT2D eigenvalue weighted by Crippen LogP contribution is -2.26. The molecule has 2 rings (SSSR count). The molecule has 99 valence electrons. The van der Waals surface area contributed by atoms with Crippen LogP contribution in [0, 0.1) is 0 Å². The topological polar surface area (TPSA) is 38.4 Å². The minimum Gasteiger partial charge on any atom is -0.497 e. The van der Waals surface area contributed by atoms with Gasteiger partial charge in [-0.2, -0.15) is 4.89 Å². The molecule has 0 heterocycles. The molecule has 19 heavy (non-hydrogen) atoms. The van der Waals surface area contributed by atoms with E-state index in [-0.39, 0.29) is 0 Å². The van der Waals surface area contributed by atoms with Crippen LogP contribution in [0.25, 0.3) is 0 Å². The fraction of sp³-hybridized carbons (Fsp3) is 0.250. The predicted molar refractivity (Wildman–Crippen MR) is 72.3 cm³/mol. The molecule has 0 spiro atoms. The molecule has 0 aliphatic heterocycles. The quantitative estimate of drug-likeness (QED) is 0.607. The fourth-order valence-corrected chi connectivity index (χ4v) is 2.10. The van der Waals surface area contributed by atoms with Gasteiger partial charge in [-0.05, 0) is 35.4 Å². The average molecular weight is 257 g/mol. The molecule has 2 aromatic carbocycles. The van der Waals surface area contributed by atoms with Crippen LogP contribution in [0.3, 0.4) is 0 Å². The van der Waals surface area contributed by atoms with Crippen molar-refractivity contribution >= 4 is 0 Å². The lowest BCUT2D eigenvalue weighted by Gasteiger charge is -2.25. The summed E-state index contributed by atoms with van der Waals surface area (Å²) < 4.78 is 5.12. The maximum atomic E-state index is 11.2. The third-order valence-electron chi connectivity index (χ3n) is 3.27. The summed E-state index contributed by atoms with van der Waals surface area (Å²) in [5, 5.41) is 11.2. The third kappa shape index (κ3) is 3.13. The summed E-state index contributed by atoms with van der Waals surface area (Å²) in [6.45, 7) is 1.81. The number of methoxy groups -OCH3 is 1. The summed E-state index contributed by atoms with van der Waals surface area (Å²) in [5.74, 6) is 0.799. The van der Waals surface area contributed by atoms with Gasteiger partial charge in [-0.25, -0.2) is 0 Å². The fourth-order valence-electron chi connectivity index (χ4n) is 2.10. The van der Waals surface area contributed by atoms with Crippen molar-refractivity contribution in [2.45, 2.75) is 18.9 Å². The van der Waals surface area contributed by atoms with Gasteiger partial charge >= 0.3 is 0 Å². The Morgan fingerprint density at radius 1 is 1.00 bits per heavy atom. The van der Waals surface area contributed by atoms with E-state index in [0.29, 0.717) is 6.42 Å². The van der Waals surface area contributed by atoms with Crippen molar-refractivity contribution < 1.29 is 14.9 Å². The molecular weight excluding hydrogens is 240 g/mol. The van der Waals surface area contributed by atoms with Gasteiger partial charge in [-0.3, -0.25) is 0 Å². The molecule has 0 bridgehead atoms. The van der Waals surface area contributed by atoms with Gasteiger partial charge < -0.3 is 4.74 Å². The van der Waals surface area contributed by atoms with Gasteiger partial charge in [0.2, 0.25) is 0 Å². The molecule has 0 aliphatic rings. The maximum Gasteiger partial charge on any atom is 0.133 e. The molecule has 1 radical (unpaired) electrons. The van der Waals surface area contributed by atoms with E-state index in [2.05, 4.69) is 4.89 Å². The van der Waals surface area contributed by atoms with Crippen LogP contribution in [0.4, 0.5) is 0 Å². The van der Waals surface area contributed by atoms with E-state index in [1.54, 1.807) is 14.0 Å². The molecule has 0 fully saturated rings. The largest absolute Gasteiger partial charge is 0.497 e. The Balaban J connectivity index is 2.22. The van der Waals surface area contributed by atoms with Crippen molar-refractivity contribution in [1.82, 2.24) is 0 Å². The molecule has 0 saturated heterocycles. The van der Waals surface area contributed by atoms with Crippen LogP contribution in [0.15, 0.2) is 54.6 Å². The SMILES string of the molecule is COc1ccc(CC(C)(O[O])c2ccccc2)cc1. The van der Waals surface area contributed by atoms with E-state index in [1.807, 2.05) is 54.6 Å². The highest BCUT2D eigenvalue weighted by Gasteiger charge is 2.29. The van der Waals surface area contributed by atoms with Crippen LogP contribution in [0.2, 0.25) is 0 Å². The van der Waals surface area contributed by atoms with E-state index in [0.717, 1.165) is 16.9 Å². The van der Waals surface area contributed by atoms with Crippen molar-refractivity contribution in [3.63, 3.8) is 0 Å². The molecule has 0 N–H and O–H groups in total. The van der Waals surface area contributed by atoms with Gasteiger partial charge in [-0.15, -0.1) is 0 Å². The molecule has 3 heteroatoms. The highest BCUT2D eigenvalue weighted by Crippen LogP contribution is 2.29. The minimum atomic E-state index is -0.865. The first-order valence-electron chi connectivity index (χ1n) is 6.17. The van der Waals surface area contributed by atoms with Crippen molar-refractivity contribution in [1.29, 1.82) is 0 Å². The molecule has 1 unspecified atom stereocenters. The second-order valence-corrected chi connectivity index (χ2v) is 4.71. The summed E-state index contributed by atoms with van der Waals surface area (Å²) in [6, 6.07) is 17.2. The standard InChI is InChI=1S/C16H17O3/c1-16(19-17,14-6-4-3-5-7-14)12-13-8-10-15(18-2)11-9-13/h3-11H,12H2,1-2H3. The molecule has 0 aromatic heterocycles. The van der Waals surface area contributed by atoms with Gasteiger partial charge in [-0.1, -0.05) is 42.5 Å². The van der Waals surface area contributed by atoms with Crippen LogP contribution in [0.1, 0.15) is 18.1 Å². The van der Waals surface area contributed by atoms with Crippen LogP contribution < -0.4 is 4.74 Å². The molecule has 2 aromatic rings. The Bertz CT molecular complexity index is 507. The monoisotopic (exact) mass is 257 g/mol. The number of benzene rings is 2. The molecule has 3 nitrogen and oxygen atoms in total. The van der Waals surface area contributed by atoms with Crippen LogP contribution in [-0.4, -0.2) is 7.11 Å². The Morgan fingerprint density at radius 3 is 2.16 bits per heavy atom. The highest BCUT2D eigenvalue weighted by atomic mass is 17.1. The van der Waals surface area contributed by atoms with Gasteiger partial charge in [0.15, 0.2) is 0 Å². The number of hydrogen-bond acceptors (Lipinski definition) is 2. The lowest BCUT2D eigenvalue weighted by atomic mass is 9.89. The molecule has 1 atom stereocenters. The number of ether oxygens (including phenoxy) is 1. The van der Waals surface area contributed by atoms with Crippen LogP contribution in [-0.2, 0) is 22.2 Å². The first-order valence-corrected chi connectivity index (χ1v) is 6.17. The maximum absolute atomic E-state index is 11.2. The summed E-state index contributed by atoms with van der Waals surface area (Å²) in [5.41, 5.74) is 1.04. The molecular formula is C16H17O3. The zero-order valence-corrected chi connectivity index (χ0v) is 11.1. The van der Waals surface area contributed by atoms with Crippen LogP contribution >= 0.6 is 0 Å². The second kappa shape index (κ2) is 5.87. The molecule has 0 aliphatic carbocycles. The Kier molecular flexibility index (Phi) is 4.20. The van der Waals surface area contributed by atoms with E-state index < -0.39 is 5.60 Å². The van der Waals surface area contributed by atoms with E-state index in [9.17, 15) is 5.26 Å². The average Bonchev–Trinajstić information content (AvgIpc) is 2.49. The first-order chi connectivity index (χ1) is 9.18. The van der Waals surface area contributed by atoms with E-state index in [1.165, 1.54) is 0 Å². The second-order valence-electron chi connectivity index (χ2n) is 4.71. The predicted octanol–water partition coefficient (Wildman–Crippen LogP) is 3.52. The summed E-state index contributed by atoms with van der Waals surface area (Å²) >= 11 is 0. The normalized spacial score (nSPS) is 13.8. The summed E-state index contributed by atoms with van der Waals surface area (Å²) in [7, 11) is 1.63. The van der Waals surface area contributed by atoms with Crippen molar-refractivity contribution in [2.24, 2.45) is 0 Å². The minimum absolute atomic E-state index is 0.518. The Hall–Kier alpha value is -1.84. The number of rotatable bonds is 5. The van der Waals surface area contributed by atoms with Gasteiger partial charge in [0.25, 0.3) is 0 Å². The van der Waals surface area contributed by atoms with Crippen molar-refractivity contribution in [3.8, 4) is 5.75 Å². The lowest BCUT2D eigenvalue weighted by molar-refractivity contribution is -0.374. The first kappa shape index (κ1) is 13.6. The Morgan fingerprint density at radius 2 is 1.63 bits per heavy atom.